The third kappa shape index (κ3) is 5.37. The first kappa shape index (κ1) is 28.9. The van der Waals surface area contributed by atoms with Gasteiger partial charge in [-0.05, 0) is 61.9 Å². The van der Waals surface area contributed by atoms with Gasteiger partial charge in [-0.15, -0.1) is 0 Å². The zero-order valence-corrected chi connectivity index (χ0v) is 26.8. The molecule has 0 bridgehead atoms. The molecule has 2 N–H and O–H groups in total. The summed E-state index contributed by atoms with van der Waals surface area (Å²) in [6, 6.07) is 8.69. The van der Waals surface area contributed by atoms with Crippen LogP contribution in [-0.4, -0.2) is 54.0 Å². The van der Waals surface area contributed by atoms with Crippen molar-refractivity contribution in [3.05, 3.63) is 57.6 Å². The number of nitrogens with zero attached hydrogens (tertiary/aromatic N) is 3. The normalized spacial score (nSPS) is 16.5. The van der Waals surface area contributed by atoms with E-state index in [1.54, 1.807) is 0 Å². The molecule has 0 saturated heterocycles. The topological polar surface area (TPSA) is 65.7 Å². The lowest BCUT2D eigenvalue weighted by Crippen LogP contribution is -2.25. The van der Waals surface area contributed by atoms with Crippen molar-refractivity contribution < 1.29 is 9.47 Å². The summed E-state index contributed by atoms with van der Waals surface area (Å²) < 4.78 is 12.9. The number of imidazole rings is 1. The van der Waals surface area contributed by atoms with E-state index in [0.29, 0.717) is 29.7 Å². The molecule has 224 valence electrons. The van der Waals surface area contributed by atoms with Gasteiger partial charge < -0.3 is 24.7 Å². The van der Waals surface area contributed by atoms with Gasteiger partial charge in [0.15, 0.2) is 0 Å². The first-order valence-electron chi connectivity index (χ1n) is 15.3. The Morgan fingerprint density at radius 1 is 1.07 bits per heavy atom. The SMILES string of the molecule is CCCN(C)/C(Cl)=C(\NC)c1cc2c3c(c1)OCc1cc(-c4nc(CN(C)CC5(C)CC5)[nH]c4C(C)C)cc(c1-3)OC2. The lowest BCUT2D eigenvalue weighted by Gasteiger charge is -2.31. The number of hydrogen-bond acceptors (Lipinski definition) is 6. The lowest BCUT2D eigenvalue weighted by atomic mass is 9.87. The predicted molar refractivity (Wildman–Crippen MR) is 171 cm³/mol. The molecule has 0 spiro atoms. The van der Waals surface area contributed by atoms with Crippen LogP contribution in [0, 0.1) is 5.41 Å². The smallest absolute Gasteiger partial charge is 0.128 e. The molecule has 2 aliphatic heterocycles. The van der Waals surface area contributed by atoms with Crippen molar-refractivity contribution in [3.63, 3.8) is 0 Å². The molecule has 0 radical (unpaired) electrons. The summed E-state index contributed by atoms with van der Waals surface area (Å²) in [6.07, 6.45) is 3.66. The van der Waals surface area contributed by atoms with Gasteiger partial charge in [0.1, 0.15) is 35.7 Å². The zero-order chi connectivity index (χ0) is 29.8. The minimum Gasteiger partial charge on any atom is -0.488 e. The molecule has 42 heavy (non-hydrogen) atoms. The van der Waals surface area contributed by atoms with Crippen LogP contribution in [0.4, 0.5) is 0 Å². The first-order valence-corrected chi connectivity index (χ1v) is 15.6. The Morgan fingerprint density at radius 3 is 2.36 bits per heavy atom. The molecule has 1 saturated carbocycles. The van der Waals surface area contributed by atoms with Crippen LogP contribution >= 0.6 is 11.6 Å². The van der Waals surface area contributed by atoms with Crippen LogP contribution in [0.15, 0.2) is 29.4 Å². The molecule has 1 aromatic heterocycles. The van der Waals surface area contributed by atoms with Crippen molar-refractivity contribution in [2.75, 3.05) is 34.2 Å². The molecule has 6 rings (SSSR count). The second-order valence-electron chi connectivity index (χ2n) is 13.0. The van der Waals surface area contributed by atoms with Crippen LogP contribution < -0.4 is 14.8 Å². The van der Waals surface area contributed by atoms with Crippen LogP contribution in [0.1, 0.15) is 81.1 Å². The number of benzene rings is 2. The van der Waals surface area contributed by atoms with Crippen LogP contribution in [0.2, 0.25) is 0 Å². The van der Waals surface area contributed by atoms with Gasteiger partial charge in [-0.3, -0.25) is 4.90 Å². The van der Waals surface area contributed by atoms with E-state index in [9.17, 15) is 0 Å². The molecule has 0 unspecified atom stereocenters. The number of halogens is 1. The van der Waals surface area contributed by atoms with E-state index in [-0.39, 0.29) is 0 Å². The van der Waals surface area contributed by atoms with Crippen LogP contribution in [-0.2, 0) is 19.8 Å². The molecular weight excluding hydrogens is 546 g/mol. The van der Waals surface area contributed by atoms with Crippen LogP contribution in [0.25, 0.3) is 28.1 Å². The maximum Gasteiger partial charge on any atom is 0.128 e. The molecule has 3 aliphatic rings. The molecule has 8 heteroatoms. The molecular formula is C34H44ClN5O2. The van der Waals surface area contributed by atoms with Gasteiger partial charge in [0.2, 0.25) is 0 Å². The largest absolute Gasteiger partial charge is 0.488 e. The third-order valence-electron chi connectivity index (χ3n) is 8.83. The second-order valence-corrected chi connectivity index (χ2v) is 13.4. The molecule has 7 nitrogen and oxygen atoms in total. The van der Waals surface area contributed by atoms with Gasteiger partial charge in [-0.25, -0.2) is 4.98 Å². The number of rotatable bonds is 11. The van der Waals surface area contributed by atoms with E-state index in [1.807, 2.05) is 14.1 Å². The van der Waals surface area contributed by atoms with Gasteiger partial charge in [-0.1, -0.05) is 39.3 Å². The van der Waals surface area contributed by atoms with Crippen molar-refractivity contribution in [1.82, 2.24) is 25.1 Å². The number of hydrogen-bond donors (Lipinski definition) is 2. The fourth-order valence-electron chi connectivity index (χ4n) is 6.44. The highest BCUT2D eigenvalue weighted by Crippen LogP contribution is 2.51. The summed E-state index contributed by atoms with van der Waals surface area (Å²) in [5, 5.41) is 4.01. The summed E-state index contributed by atoms with van der Waals surface area (Å²) in [4.78, 5) is 13.3. The number of nitrogens with one attached hydrogen (secondary N) is 2. The van der Waals surface area contributed by atoms with Crippen LogP contribution in [0.5, 0.6) is 11.5 Å². The highest BCUT2D eigenvalue weighted by atomic mass is 35.5. The fraction of sp³-hybridized carbons (Fsp3) is 0.500. The second kappa shape index (κ2) is 11.2. The third-order valence-corrected chi connectivity index (χ3v) is 9.31. The number of aromatic amines is 1. The molecule has 0 atom stereocenters. The summed E-state index contributed by atoms with van der Waals surface area (Å²) >= 11 is 6.81. The maximum atomic E-state index is 6.81. The van der Waals surface area contributed by atoms with Crippen molar-refractivity contribution in [2.45, 2.75) is 72.6 Å². The van der Waals surface area contributed by atoms with Gasteiger partial charge in [0, 0.05) is 66.3 Å². The van der Waals surface area contributed by atoms with E-state index in [4.69, 9.17) is 26.1 Å². The van der Waals surface area contributed by atoms with Gasteiger partial charge >= 0.3 is 0 Å². The molecule has 3 heterocycles. The van der Waals surface area contributed by atoms with E-state index < -0.39 is 0 Å². The Morgan fingerprint density at radius 2 is 1.74 bits per heavy atom. The fourth-order valence-corrected chi connectivity index (χ4v) is 6.73. The Kier molecular flexibility index (Phi) is 7.69. The Bertz CT molecular complexity index is 1490. The van der Waals surface area contributed by atoms with Crippen LogP contribution in [0.3, 0.4) is 0 Å². The van der Waals surface area contributed by atoms with Crippen molar-refractivity contribution in [3.8, 4) is 33.9 Å². The monoisotopic (exact) mass is 589 g/mol. The summed E-state index contributed by atoms with van der Waals surface area (Å²) in [5.74, 6) is 3.11. The summed E-state index contributed by atoms with van der Waals surface area (Å²) in [6.45, 7) is 12.7. The van der Waals surface area contributed by atoms with E-state index in [2.05, 4.69) is 79.1 Å². The van der Waals surface area contributed by atoms with Gasteiger partial charge in [-0.2, -0.15) is 0 Å². The highest BCUT2D eigenvalue weighted by Gasteiger charge is 2.38. The number of aromatic nitrogens is 2. The van der Waals surface area contributed by atoms with E-state index >= 15 is 0 Å². The van der Waals surface area contributed by atoms with Gasteiger partial charge in [0.25, 0.3) is 0 Å². The standard InChI is InChI=1S/C34H44ClN5O2/c1-8-11-40(7)33(35)32(36-5)22-13-24-18-41-25-14-21(12-23-17-42-26(15-22)29(24)28(23)25)31-30(20(2)3)37-27(38-31)16-39(6)19-34(4)9-10-34/h12-15,20,36H,8-11,16-19H2,1-7H3,(H,37,38)/b33-32-. The van der Waals surface area contributed by atoms with E-state index in [0.717, 1.165) is 93.8 Å². The lowest BCUT2D eigenvalue weighted by molar-refractivity contribution is 0.262. The average Bonchev–Trinajstić information content (AvgIpc) is 3.52. The van der Waals surface area contributed by atoms with Crippen molar-refractivity contribution in [1.29, 1.82) is 0 Å². The molecule has 2 aromatic carbocycles. The minimum atomic E-state index is 0.320. The first-order chi connectivity index (χ1) is 20.1. The maximum absolute atomic E-state index is 6.81. The van der Waals surface area contributed by atoms with Crippen molar-refractivity contribution >= 4 is 17.3 Å². The Hall–Kier alpha value is -3.16. The average molecular weight is 590 g/mol. The number of H-pyrrole nitrogens is 1. The van der Waals surface area contributed by atoms with E-state index in [1.165, 1.54) is 12.8 Å². The highest BCUT2D eigenvalue weighted by molar-refractivity contribution is 6.32. The summed E-state index contributed by atoms with van der Waals surface area (Å²) in [5.41, 5.74) is 10.1. The predicted octanol–water partition coefficient (Wildman–Crippen LogP) is 7.31. The molecule has 1 fully saturated rings. The summed E-state index contributed by atoms with van der Waals surface area (Å²) in [7, 11) is 6.12. The quantitative estimate of drug-likeness (QED) is 0.229. The number of ether oxygens (including phenoxy) is 2. The molecule has 3 aromatic rings. The Balaban J connectivity index is 1.36. The molecule has 0 amide bonds. The Labute approximate surface area is 255 Å². The van der Waals surface area contributed by atoms with Crippen molar-refractivity contribution in [2.24, 2.45) is 5.41 Å². The molecule has 1 aliphatic carbocycles. The van der Waals surface area contributed by atoms with Gasteiger partial charge in [0.05, 0.1) is 17.9 Å². The minimum absolute atomic E-state index is 0.320. The zero-order valence-electron chi connectivity index (χ0n) is 26.1.